The van der Waals surface area contributed by atoms with Gasteiger partial charge in [0.2, 0.25) is 5.91 Å². The zero-order valence-electron chi connectivity index (χ0n) is 14.7. The summed E-state index contributed by atoms with van der Waals surface area (Å²) in [6.45, 7) is 0.318. The predicted octanol–water partition coefficient (Wildman–Crippen LogP) is 2.45. The van der Waals surface area contributed by atoms with E-state index in [4.69, 9.17) is 0 Å². The van der Waals surface area contributed by atoms with Crippen LogP contribution in [0.2, 0.25) is 0 Å². The number of carbonyl (C=O) groups excluding carboxylic acids is 1. The Balaban J connectivity index is 1.54. The molecule has 0 bridgehead atoms. The van der Waals surface area contributed by atoms with Gasteiger partial charge in [-0.1, -0.05) is 42.5 Å². The molecule has 0 spiro atoms. The fraction of sp³-hybridized carbons (Fsp3) is 0.190. The highest BCUT2D eigenvalue weighted by atomic mass is 16.4. The fourth-order valence-electron chi connectivity index (χ4n) is 3.46. The maximum Gasteiger partial charge on any atom is 0.326 e. The molecule has 0 saturated carbocycles. The summed E-state index contributed by atoms with van der Waals surface area (Å²) in [6, 6.07) is 16.5. The minimum absolute atomic E-state index is 0.124. The Labute approximate surface area is 156 Å². The molecule has 1 amide bonds. The van der Waals surface area contributed by atoms with E-state index in [0.29, 0.717) is 13.0 Å². The highest BCUT2D eigenvalue weighted by molar-refractivity contribution is 5.85. The number of aromatic nitrogens is 2. The minimum Gasteiger partial charge on any atom is -0.480 e. The number of nitrogens with zero attached hydrogens (tertiary/aromatic N) is 3. The molecule has 1 aromatic heterocycles. The molecule has 1 aliphatic heterocycles. The van der Waals surface area contributed by atoms with Crippen LogP contribution in [0.1, 0.15) is 16.7 Å². The summed E-state index contributed by atoms with van der Waals surface area (Å²) < 4.78 is 1.71. The molecule has 0 unspecified atom stereocenters. The number of aliphatic carboxylic acids is 1. The molecular formula is C21H19N3O3. The lowest BCUT2D eigenvalue weighted by atomic mass is 9.93. The van der Waals surface area contributed by atoms with Crippen molar-refractivity contribution in [3.8, 4) is 5.69 Å². The number of fused-ring (bicyclic) bond motifs is 1. The van der Waals surface area contributed by atoms with Crippen molar-refractivity contribution in [1.82, 2.24) is 14.7 Å². The van der Waals surface area contributed by atoms with Gasteiger partial charge in [0, 0.05) is 19.2 Å². The molecule has 2 aromatic carbocycles. The third kappa shape index (κ3) is 3.46. The average molecular weight is 361 g/mol. The Kier molecular flexibility index (Phi) is 4.46. The minimum atomic E-state index is -0.974. The normalized spacial score (nSPS) is 16.0. The Hall–Kier alpha value is -3.41. The number of carbonyl (C=O) groups is 2. The SMILES string of the molecule is O=C(O)[C@H]1Cc2ccccc2CN1C(=O)Cc1cnn(-c2ccccc2)c1. The monoisotopic (exact) mass is 361 g/mol. The zero-order chi connectivity index (χ0) is 18.8. The lowest BCUT2D eigenvalue weighted by Crippen LogP contribution is -2.49. The summed E-state index contributed by atoms with van der Waals surface area (Å²) in [5, 5.41) is 13.9. The van der Waals surface area contributed by atoms with E-state index in [-0.39, 0.29) is 12.3 Å². The Bertz CT molecular complexity index is 981. The second kappa shape index (κ2) is 7.07. The molecule has 0 aliphatic carbocycles. The van der Waals surface area contributed by atoms with Gasteiger partial charge in [-0.05, 0) is 28.8 Å². The van der Waals surface area contributed by atoms with Crippen molar-refractivity contribution in [2.45, 2.75) is 25.4 Å². The maximum atomic E-state index is 12.9. The van der Waals surface area contributed by atoms with Crippen LogP contribution in [0.4, 0.5) is 0 Å². The highest BCUT2D eigenvalue weighted by Gasteiger charge is 2.34. The molecule has 0 saturated heterocycles. The van der Waals surface area contributed by atoms with Crippen LogP contribution in [0.5, 0.6) is 0 Å². The molecule has 1 atom stereocenters. The topological polar surface area (TPSA) is 75.4 Å². The van der Waals surface area contributed by atoms with E-state index in [2.05, 4.69) is 5.10 Å². The van der Waals surface area contributed by atoms with E-state index in [1.807, 2.05) is 54.6 Å². The molecule has 1 aliphatic rings. The second-order valence-corrected chi connectivity index (χ2v) is 6.65. The van der Waals surface area contributed by atoms with Crippen molar-refractivity contribution in [2.24, 2.45) is 0 Å². The van der Waals surface area contributed by atoms with Crippen LogP contribution in [0.3, 0.4) is 0 Å². The van der Waals surface area contributed by atoms with Gasteiger partial charge < -0.3 is 10.0 Å². The van der Waals surface area contributed by atoms with Crippen LogP contribution in [0, 0.1) is 0 Å². The van der Waals surface area contributed by atoms with Gasteiger partial charge in [0.1, 0.15) is 6.04 Å². The van der Waals surface area contributed by atoms with E-state index in [0.717, 1.165) is 22.4 Å². The smallest absolute Gasteiger partial charge is 0.326 e. The first kappa shape index (κ1) is 17.0. The van der Waals surface area contributed by atoms with Gasteiger partial charge >= 0.3 is 5.97 Å². The fourth-order valence-corrected chi connectivity index (χ4v) is 3.46. The van der Waals surface area contributed by atoms with E-state index < -0.39 is 12.0 Å². The summed E-state index contributed by atoms with van der Waals surface area (Å²) in [4.78, 5) is 26.0. The van der Waals surface area contributed by atoms with Crippen molar-refractivity contribution in [1.29, 1.82) is 0 Å². The number of carboxylic acid groups (broad SMARTS) is 1. The van der Waals surface area contributed by atoms with Crippen LogP contribution in [0.25, 0.3) is 5.69 Å². The molecular weight excluding hydrogens is 342 g/mol. The molecule has 4 rings (SSSR count). The van der Waals surface area contributed by atoms with E-state index in [1.54, 1.807) is 17.1 Å². The number of amides is 1. The summed E-state index contributed by atoms with van der Waals surface area (Å²) in [7, 11) is 0. The van der Waals surface area contributed by atoms with Crippen molar-refractivity contribution >= 4 is 11.9 Å². The Morgan fingerprint density at radius 1 is 1.04 bits per heavy atom. The van der Waals surface area contributed by atoms with E-state index in [1.165, 1.54) is 4.90 Å². The Morgan fingerprint density at radius 2 is 1.74 bits per heavy atom. The van der Waals surface area contributed by atoms with Crippen molar-refractivity contribution in [3.63, 3.8) is 0 Å². The molecule has 6 nitrogen and oxygen atoms in total. The van der Waals surface area contributed by atoms with Gasteiger partial charge in [0.15, 0.2) is 0 Å². The van der Waals surface area contributed by atoms with Crippen LogP contribution < -0.4 is 0 Å². The Morgan fingerprint density at radius 3 is 2.48 bits per heavy atom. The van der Waals surface area contributed by atoms with Crippen molar-refractivity contribution in [3.05, 3.63) is 83.7 Å². The highest BCUT2D eigenvalue weighted by Crippen LogP contribution is 2.24. The maximum absolute atomic E-state index is 12.9. The number of hydrogen-bond acceptors (Lipinski definition) is 3. The number of carboxylic acids is 1. The molecule has 0 radical (unpaired) electrons. The van der Waals surface area contributed by atoms with Gasteiger partial charge in [-0.25, -0.2) is 9.48 Å². The van der Waals surface area contributed by atoms with Crippen LogP contribution in [0.15, 0.2) is 67.0 Å². The molecule has 0 fully saturated rings. The van der Waals surface area contributed by atoms with Gasteiger partial charge in [-0.15, -0.1) is 0 Å². The summed E-state index contributed by atoms with van der Waals surface area (Å²) >= 11 is 0. The van der Waals surface area contributed by atoms with E-state index >= 15 is 0 Å². The third-order valence-corrected chi connectivity index (χ3v) is 4.87. The molecule has 3 aromatic rings. The lowest BCUT2D eigenvalue weighted by Gasteiger charge is -2.34. The van der Waals surface area contributed by atoms with E-state index in [9.17, 15) is 14.7 Å². The predicted molar refractivity (Wildman–Crippen MR) is 99.4 cm³/mol. The first-order chi connectivity index (χ1) is 13.1. The molecule has 6 heteroatoms. The van der Waals surface area contributed by atoms with Gasteiger partial charge in [0.05, 0.1) is 18.3 Å². The first-order valence-corrected chi connectivity index (χ1v) is 8.80. The average Bonchev–Trinajstić information content (AvgIpc) is 3.16. The van der Waals surface area contributed by atoms with Crippen molar-refractivity contribution in [2.75, 3.05) is 0 Å². The van der Waals surface area contributed by atoms with Crippen LogP contribution in [-0.2, 0) is 29.0 Å². The summed E-state index contributed by atoms with van der Waals surface area (Å²) in [5.74, 6) is -1.18. The van der Waals surface area contributed by atoms with Crippen LogP contribution in [-0.4, -0.2) is 37.7 Å². The standard InChI is InChI=1S/C21H19N3O3/c25-20(10-15-12-22-24(13-15)18-8-2-1-3-9-18)23-14-17-7-5-4-6-16(17)11-19(23)21(26)27/h1-9,12-13,19H,10-11,14H2,(H,26,27)/t19-/m1/s1. The number of rotatable bonds is 4. The van der Waals surface area contributed by atoms with Gasteiger partial charge in [0.25, 0.3) is 0 Å². The third-order valence-electron chi connectivity index (χ3n) is 4.87. The summed E-state index contributed by atoms with van der Waals surface area (Å²) in [5.41, 5.74) is 3.66. The van der Waals surface area contributed by atoms with Gasteiger partial charge in [-0.3, -0.25) is 4.79 Å². The summed E-state index contributed by atoms with van der Waals surface area (Å²) in [6.07, 6.45) is 3.92. The van der Waals surface area contributed by atoms with Crippen LogP contribution >= 0.6 is 0 Å². The van der Waals surface area contributed by atoms with Crippen molar-refractivity contribution < 1.29 is 14.7 Å². The lowest BCUT2D eigenvalue weighted by molar-refractivity contribution is -0.151. The molecule has 2 heterocycles. The number of para-hydroxylation sites is 1. The molecule has 1 N–H and O–H groups in total. The zero-order valence-corrected chi connectivity index (χ0v) is 14.7. The largest absolute Gasteiger partial charge is 0.480 e. The molecule has 136 valence electrons. The first-order valence-electron chi connectivity index (χ1n) is 8.80. The second-order valence-electron chi connectivity index (χ2n) is 6.65. The quantitative estimate of drug-likeness (QED) is 0.775. The number of benzene rings is 2. The number of hydrogen-bond donors (Lipinski definition) is 1. The van der Waals surface area contributed by atoms with Gasteiger partial charge in [-0.2, -0.15) is 5.10 Å². The molecule has 27 heavy (non-hydrogen) atoms.